The van der Waals surface area contributed by atoms with Crippen LogP contribution >= 0.6 is 0 Å². The van der Waals surface area contributed by atoms with Crippen LogP contribution in [0.4, 0.5) is 0 Å². The van der Waals surface area contributed by atoms with Crippen LogP contribution in [-0.2, 0) is 6.54 Å². The van der Waals surface area contributed by atoms with Crippen molar-refractivity contribution in [3.63, 3.8) is 0 Å². The molecule has 1 N–H and O–H groups in total. The Morgan fingerprint density at radius 3 is 2.58 bits per heavy atom. The van der Waals surface area contributed by atoms with E-state index >= 15 is 0 Å². The molecule has 124 valence electrons. The number of hydrogen-bond acceptors (Lipinski definition) is 5. The van der Waals surface area contributed by atoms with Crippen molar-refractivity contribution in [1.29, 1.82) is 0 Å². The lowest BCUT2D eigenvalue weighted by atomic mass is 10.2. The van der Waals surface area contributed by atoms with E-state index in [2.05, 4.69) is 27.8 Å². The molecule has 0 spiro atoms. The van der Waals surface area contributed by atoms with E-state index in [0.717, 1.165) is 18.8 Å². The predicted molar refractivity (Wildman–Crippen MR) is 92.3 cm³/mol. The van der Waals surface area contributed by atoms with Crippen LogP contribution in [0.1, 0.15) is 25.3 Å². The van der Waals surface area contributed by atoms with Gasteiger partial charge in [-0.3, -0.25) is 0 Å². The van der Waals surface area contributed by atoms with E-state index in [1.165, 1.54) is 18.4 Å². The number of para-hydroxylation sites is 1. The number of aromatic nitrogens is 4. The summed E-state index contributed by atoms with van der Waals surface area (Å²) in [5, 5.41) is 15.0. The Kier molecular flexibility index (Phi) is 5.52. The summed E-state index contributed by atoms with van der Waals surface area (Å²) in [5.41, 5.74) is 2.08. The second kappa shape index (κ2) is 8.21. The first-order valence-corrected chi connectivity index (χ1v) is 8.18. The van der Waals surface area contributed by atoms with Crippen LogP contribution in [0.3, 0.4) is 0 Å². The average Bonchev–Trinajstić information content (AvgIpc) is 3.09. The predicted octanol–water partition coefficient (Wildman–Crippen LogP) is 3.34. The first-order chi connectivity index (χ1) is 11.9. The maximum Gasteiger partial charge on any atom is 0.345 e. The molecule has 1 aromatic heterocycles. The van der Waals surface area contributed by atoms with E-state index in [9.17, 15) is 0 Å². The average molecular weight is 323 g/mol. The topological polar surface area (TPSA) is 64.9 Å². The summed E-state index contributed by atoms with van der Waals surface area (Å²) in [5.74, 6) is 0.708. The van der Waals surface area contributed by atoms with Crippen molar-refractivity contribution in [3.8, 4) is 17.4 Å². The summed E-state index contributed by atoms with van der Waals surface area (Å²) in [6.45, 7) is 4.10. The van der Waals surface area contributed by atoms with Gasteiger partial charge in [-0.05, 0) is 53.2 Å². The number of nitrogens with one attached hydrogen (secondary N) is 1. The van der Waals surface area contributed by atoms with E-state index in [4.69, 9.17) is 4.74 Å². The van der Waals surface area contributed by atoms with Crippen LogP contribution in [0.5, 0.6) is 11.8 Å². The Labute approximate surface area is 141 Å². The normalized spacial score (nSPS) is 10.7. The molecule has 0 aliphatic carbocycles. The largest absolute Gasteiger partial charge is 0.423 e. The summed E-state index contributed by atoms with van der Waals surface area (Å²) in [7, 11) is 0. The molecule has 6 heteroatoms. The Morgan fingerprint density at radius 1 is 1.04 bits per heavy atom. The molecule has 0 saturated heterocycles. The fourth-order valence-electron chi connectivity index (χ4n) is 2.29. The van der Waals surface area contributed by atoms with Gasteiger partial charge in [-0.2, -0.15) is 4.68 Å². The standard InChI is InChI=1S/C18H21N5O/c1-2-3-13-19-14-15-9-11-17(12-10-15)24-18-20-21-22-23(18)16-7-5-4-6-8-16/h4-12,19H,2-3,13-14H2,1H3. The van der Waals surface area contributed by atoms with Crippen LogP contribution < -0.4 is 10.1 Å². The number of unbranched alkanes of at least 4 members (excludes halogenated alkanes) is 1. The highest BCUT2D eigenvalue weighted by Crippen LogP contribution is 2.21. The summed E-state index contributed by atoms with van der Waals surface area (Å²) in [6, 6.07) is 18.0. The number of nitrogens with zero attached hydrogens (tertiary/aromatic N) is 4. The van der Waals surface area contributed by atoms with Crippen LogP contribution in [0.25, 0.3) is 5.69 Å². The molecule has 0 aliphatic heterocycles. The molecule has 0 radical (unpaired) electrons. The van der Waals surface area contributed by atoms with E-state index in [-0.39, 0.29) is 0 Å². The molecule has 0 fully saturated rings. The third kappa shape index (κ3) is 4.17. The number of hydrogen-bond donors (Lipinski definition) is 1. The SMILES string of the molecule is CCCCNCc1ccc(Oc2nnnn2-c2ccccc2)cc1. The molecule has 6 nitrogen and oxygen atoms in total. The third-order valence-corrected chi connectivity index (χ3v) is 3.61. The highest BCUT2D eigenvalue weighted by atomic mass is 16.5. The van der Waals surface area contributed by atoms with Crippen molar-refractivity contribution >= 4 is 0 Å². The highest BCUT2D eigenvalue weighted by molar-refractivity contribution is 5.34. The zero-order chi connectivity index (χ0) is 16.6. The summed E-state index contributed by atoms with van der Waals surface area (Å²) in [6.07, 6.45) is 2.40. The van der Waals surface area contributed by atoms with Gasteiger partial charge in [-0.1, -0.05) is 48.8 Å². The molecule has 0 amide bonds. The molecule has 2 aromatic carbocycles. The Bertz CT molecular complexity index is 740. The van der Waals surface area contributed by atoms with Crippen LogP contribution in [0.15, 0.2) is 54.6 Å². The van der Waals surface area contributed by atoms with Crippen molar-refractivity contribution < 1.29 is 4.74 Å². The highest BCUT2D eigenvalue weighted by Gasteiger charge is 2.10. The van der Waals surface area contributed by atoms with Gasteiger partial charge in [0.15, 0.2) is 0 Å². The van der Waals surface area contributed by atoms with Gasteiger partial charge in [0, 0.05) is 6.54 Å². The first-order valence-electron chi connectivity index (χ1n) is 8.18. The first kappa shape index (κ1) is 16.1. The zero-order valence-corrected chi connectivity index (χ0v) is 13.7. The minimum absolute atomic E-state index is 0.343. The van der Waals surface area contributed by atoms with E-state index in [0.29, 0.717) is 11.8 Å². The van der Waals surface area contributed by atoms with Crippen LogP contribution in [0, 0.1) is 0 Å². The monoisotopic (exact) mass is 323 g/mol. The lowest BCUT2D eigenvalue weighted by Gasteiger charge is -2.07. The molecular weight excluding hydrogens is 302 g/mol. The van der Waals surface area contributed by atoms with Gasteiger partial charge in [-0.25, -0.2) is 0 Å². The summed E-state index contributed by atoms with van der Waals surface area (Å²) in [4.78, 5) is 0. The van der Waals surface area contributed by atoms with Gasteiger partial charge in [-0.15, -0.1) is 0 Å². The molecule has 0 aliphatic rings. The van der Waals surface area contributed by atoms with Gasteiger partial charge in [0.1, 0.15) is 5.75 Å². The molecule has 3 aromatic rings. The van der Waals surface area contributed by atoms with Gasteiger partial charge >= 0.3 is 6.01 Å². The number of benzene rings is 2. The Hall–Kier alpha value is -2.73. The van der Waals surface area contributed by atoms with Gasteiger partial charge in [0.05, 0.1) is 5.69 Å². The maximum absolute atomic E-state index is 5.81. The van der Waals surface area contributed by atoms with Crippen molar-refractivity contribution in [1.82, 2.24) is 25.5 Å². The summed E-state index contributed by atoms with van der Waals surface area (Å²) < 4.78 is 7.38. The number of tetrazole rings is 1. The minimum Gasteiger partial charge on any atom is -0.423 e. The fraction of sp³-hybridized carbons (Fsp3) is 0.278. The van der Waals surface area contributed by atoms with Crippen molar-refractivity contribution in [2.24, 2.45) is 0 Å². The van der Waals surface area contributed by atoms with Crippen molar-refractivity contribution in [2.75, 3.05) is 6.54 Å². The quantitative estimate of drug-likeness (QED) is 0.644. The van der Waals surface area contributed by atoms with Gasteiger partial charge < -0.3 is 10.1 Å². The van der Waals surface area contributed by atoms with Crippen LogP contribution in [-0.4, -0.2) is 26.8 Å². The van der Waals surface area contributed by atoms with E-state index in [1.54, 1.807) is 4.68 Å². The van der Waals surface area contributed by atoms with Gasteiger partial charge in [0.2, 0.25) is 0 Å². The molecule has 3 rings (SSSR count). The second-order valence-corrected chi connectivity index (χ2v) is 5.49. The second-order valence-electron chi connectivity index (χ2n) is 5.49. The van der Waals surface area contributed by atoms with E-state index in [1.807, 2.05) is 54.6 Å². The minimum atomic E-state index is 0.343. The summed E-state index contributed by atoms with van der Waals surface area (Å²) >= 11 is 0. The molecule has 1 heterocycles. The van der Waals surface area contributed by atoms with Crippen molar-refractivity contribution in [2.45, 2.75) is 26.3 Å². The molecule has 0 bridgehead atoms. The Balaban J connectivity index is 1.64. The lowest BCUT2D eigenvalue weighted by Crippen LogP contribution is -2.14. The Morgan fingerprint density at radius 2 is 1.83 bits per heavy atom. The zero-order valence-electron chi connectivity index (χ0n) is 13.7. The van der Waals surface area contributed by atoms with E-state index < -0.39 is 0 Å². The van der Waals surface area contributed by atoms with Crippen molar-refractivity contribution in [3.05, 3.63) is 60.2 Å². The lowest BCUT2D eigenvalue weighted by molar-refractivity contribution is 0.427. The molecule has 0 unspecified atom stereocenters. The van der Waals surface area contributed by atoms with Gasteiger partial charge in [0.25, 0.3) is 0 Å². The number of ether oxygens (including phenoxy) is 1. The third-order valence-electron chi connectivity index (χ3n) is 3.61. The maximum atomic E-state index is 5.81. The molecular formula is C18H21N5O. The fourth-order valence-corrected chi connectivity index (χ4v) is 2.29. The molecule has 24 heavy (non-hydrogen) atoms. The smallest absolute Gasteiger partial charge is 0.345 e. The number of rotatable bonds is 8. The van der Waals surface area contributed by atoms with Crippen LogP contribution in [0.2, 0.25) is 0 Å². The molecule has 0 saturated carbocycles. The molecule has 0 atom stereocenters.